The summed E-state index contributed by atoms with van der Waals surface area (Å²) in [6, 6.07) is 24.0. The van der Waals surface area contributed by atoms with Gasteiger partial charge in [-0.05, 0) is 71.5 Å². The lowest BCUT2D eigenvalue weighted by atomic mass is 10.0. The number of amides is 2. The van der Waals surface area contributed by atoms with Gasteiger partial charge in [0, 0.05) is 67.0 Å². The number of pyridine rings is 2. The topological polar surface area (TPSA) is 209 Å². The fourth-order valence-corrected chi connectivity index (χ4v) is 9.90. The van der Waals surface area contributed by atoms with E-state index < -0.39 is 39.7 Å². The summed E-state index contributed by atoms with van der Waals surface area (Å²) >= 11 is 3.65. The highest BCUT2D eigenvalue weighted by Crippen LogP contribution is 2.44. The zero-order chi connectivity index (χ0) is 46.4. The second kappa shape index (κ2) is 18.0. The number of anilines is 2. The molecule has 3 N–H and O–H groups in total. The molecule has 344 valence electrons. The van der Waals surface area contributed by atoms with Gasteiger partial charge in [0.15, 0.2) is 34.6 Å². The van der Waals surface area contributed by atoms with E-state index in [9.17, 15) is 22.6 Å². The van der Waals surface area contributed by atoms with Crippen LogP contribution in [0.15, 0.2) is 110 Å². The molecule has 0 saturated carbocycles. The molecule has 18 nitrogen and oxygen atoms in total. The molecule has 0 aliphatic carbocycles. The van der Waals surface area contributed by atoms with Crippen molar-refractivity contribution in [3.8, 4) is 23.0 Å². The minimum Gasteiger partial charge on any atom is -0.493 e. The van der Waals surface area contributed by atoms with Crippen molar-refractivity contribution in [1.29, 1.82) is 0 Å². The molecule has 67 heavy (non-hydrogen) atoms. The fourth-order valence-electron chi connectivity index (χ4n) is 8.96. The van der Waals surface area contributed by atoms with Crippen molar-refractivity contribution < 1.29 is 55.8 Å². The smallest absolute Gasteiger partial charge is 0.288 e. The molecule has 4 aromatic carbocycles. The summed E-state index contributed by atoms with van der Waals surface area (Å²) in [6.45, 7) is 0.234. The van der Waals surface area contributed by atoms with Gasteiger partial charge in [-0.2, -0.15) is 13.3 Å². The van der Waals surface area contributed by atoms with Crippen molar-refractivity contribution >= 4 is 79.2 Å². The lowest BCUT2D eigenvalue weighted by Gasteiger charge is -2.26. The van der Waals surface area contributed by atoms with Crippen LogP contribution in [0.3, 0.4) is 0 Å². The van der Waals surface area contributed by atoms with E-state index >= 15 is 0 Å². The maximum absolute atomic E-state index is 14.2. The number of hydrogen-bond donors (Lipinski definition) is 4. The largest absolute Gasteiger partial charge is 0.493 e. The molecule has 20 heteroatoms. The van der Waals surface area contributed by atoms with Crippen LogP contribution in [-0.2, 0) is 24.4 Å². The number of nitrogens with zero attached hydrogens (tertiary/aromatic N) is 4. The van der Waals surface area contributed by atoms with Crippen LogP contribution >= 0.6 is 12.9 Å². The second-order valence-corrected chi connectivity index (χ2v) is 17.8. The Hall–Kier alpha value is -6.94. The molecule has 4 atom stereocenters. The van der Waals surface area contributed by atoms with Gasteiger partial charge < -0.3 is 39.4 Å². The van der Waals surface area contributed by atoms with Gasteiger partial charge in [0.05, 0.1) is 73.1 Å². The van der Waals surface area contributed by atoms with Crippen LogP contribution in [0.2, 0.25) is 0 Å². The molecule has 4 aliphatic heterocycles. The van der Waals surface area contributed by atoms with E-state index in [-0.39, 0.29) is 48.3 Å². The minimum atomic E-state index is -4.74. The number of benzene rings is 4. The predicted octanol–water partition coefficient (Wildman–Crippen LogP) is 7.27. The normalized spacial score (nSPS) is 19.8. The number of carbonyl (C=O) groups is 2. The monoisotopic (exact) mass is 946 g/mol. The first-order chi connectivity index (χ1) is 32.5. The highest BCUT2D eigenvalue weighted by atomic mass is 32.2. The third-order valence-corrected chi connectivity index (χ3v) is 13.3. The molecule has 0 bridgehead atoms. The van der Waals surface area contributed by atoms with Crippen LogP contribution in [0.4, 0.5) is 11.4 Å². The first kappa shape index (κ1) is 43.9. The third-order valence-electron chi connectivity index (χ3n) is 12.2. The fraction of sp³-hybridized carbons (Fsp3) is 0.234. The lowest BCUT2D eigenvalue weighted by molar-refractivity contribution is -0.475. The van der Waals surface area contributed by atoms with E-state index in [0.29, 0.717) is 41.2 Å². The Balaban J connectivity index is 0.843. The van der Waals surface area contributed by atoms with Gasteiger partial charge in [0.25, 0.3) is 21.9 Å². The van der Waals surface area contributed by atoms with Gasteiger partial charge in [0.1, 0.15) is 0 Å². The first-order valence-electron chi connectivity index (χ1n) is 21.1. The van der Waals surface area contributed by atoms with Crippen molar-refractivity contribution in [3.05, 3.63) is 132 Å². The van der Waals surface area contributed by atoms with Gasteiger partial charge in [0.2, 0.25) is 0 Å². The van der Waals surface area contributed by atoms with E-state index in [0.717, 1.165) is 38.5 Å². The van der Waals surface area contributed by atoms with Gasteiger partial charge in [-0.3, -0.25) is 24.1 Å². The molecule has 2 amide bonds. The predicted molar refractivity (Wildman–Crippen MR) is 249 cm³/mol. The Kier molecular flexibility index (Phi) is 11.8. The maximum Gasteiger partial charge on any atom is 0.288 e. The van der Waals surface area contributed by atoms with E-state index in [1.54, 1.807) is 41.8 Å². The number of para-hydroxylation sites is 2. The SMILES string of the molecule is COc1cc2c(cc1OCCCOc1cc3c(cc1OC)C(=O)N1C=C(c4cnc5ccccc5c4)C[C@H]1C(S(=O)(=O)O)N3)NC(OOOS)[C@@H]1CC(c3cnc4ccccc4c3)=CN1C2=O. The molecule has 6 heterocycles. The number of hydrogen-bond acceptors (Lipinski definition) is 16. The molecule has 0 fully saturated rings. The Morgan fingerprint density at radius 3 is 1.73 bits per heavy atom. The van der Waals surface area contributed by atoms with Crippen LogP contribution < -0.4 is 29.6 Å². The van der Waals surface area contributed by atoms with Crippen LogP contribution in [0.5, 0.6) is 23.0 Å². The molecule has 10 rings (SSSR count). The van der Waals surface area contributed by atoms with Gasteiger partial charge in [-0.25, -0.2) is 0 Å². The van der Waals surface area contributed by atoms with Crippen LogP contribution in [0.25, 0.3) is 33.0 Å². The van der Waals surface area contributed by atoms with E-state index in [1.165, 1.54) is 31.3 Å². The molecular formula is C47H42N6O12S2. The highest BCUT2D eigenvalue weighted by Gasteiger charge is 2.46. The molecule has 0 radical (unpaired) electrons. The summed E-state index contributed by atoms with van der Waals surface area (Å²) in [6.07, 6.45) is 6.81. The van der Waals surface area contributed by atoms with E-state index in [4.69, 9.17) is 28.9 Å². The summed E-state index contributed by atoms with van der Waals surface area (Å²) < 4.78 is 64.4. The van der Waals surface area contributed by atoms with Gasteiger partial charge in [-0.1, -0.05) is 41.4 Å². The summed E-state index contributed by atoms with van der Waals surface area (Å²) in [7, 11) is -1.85. The van der Waals surface area contributed by atoms with Gasteiger partial charge >= 0.3 is 0 Å². The average Bonchev–Trinajstić information content (AvgIpc) is 3.95. The average molecular weight is 947 g/mol. The van der Waals surface area contributed by atoms with Crippen LogP contribution in [0, 0.1) is 0 Å². The zero-order valence-electron chi connectivity index (χ0n) is 35.8. The maximum atomic E-state index is 14.2. The minimum absolute atomic E-state index is 0.102. The number of carbonyl (C=O) groups excluding carboxylic acids is 2. The standard InChI is InChI=1S/C47H42N6O12S2/c1-59-40-18-32-36(50-44(63-64-65-66)38-16-30(24-52(38)46(32)54)28-14-26-8-3-5-10-34(26)48-22-28)20-42(40)61-12-7-13-62-43-21-37-33(19-41(43)60-2)47(55)53-25-31(17-39(53)45(51-37)67(56,57)58)29-15-27-9-4-6-11-35(27)49-23-29/h3-6,8-11,14-15,18-25,38-39,44-45,50-51,66H,7,12-13,16-17H2,1-2H3,(H,56,57,58)/t38-,39-,44?,45?/m0/s1. The van der Waals surface area contributed by atoms with E-state index in [2.05, 4.69) is 37.8 Å². The Morgan fingerprint density at radius 2 is 1.21 bits per heavy atom. The van der Waals surface area contributed by atoms with Crippen molar-refractivity contribution in [2.45, 2.75) is 42.9 Å². The molecule has 4 aliphatic rings. The Bertz CT molecular complexity index is 3130. The number of nitrogens with one attached hydrogen (secondary N) is 2. The molecule has 2 unspecified atom stereocenters. The third kappa shape index (κ3) is 8.43. The number of methoxy groups -OCH3 is 2. The zero-order valence-corrected chi connectivity index (χ0v) is 37.5. The van der Waals surface area contributed by atoms with Crippen molar-refractivity contribution in [3.63, 3.8) is 0 Å². The summed E-state index contributed by atoms with van der Waals surface area (Å²) in [5.74, 6) is 0.254. The molecule has 2 aromatic heterocycles. The Morgan fingerprint density at radius 1 is 0.701 bits per heavy atom. The molecular weight excluding hydrogens is 905 g/mol. The summed E-state index contributed by atoms with van der Waals surface area (Å²) in [5.41, 5.74) is 5.73. The van der Waals surface area contributed by atoms with Crippen LogP contribution in [-0.4, -0.2) is 95.7 Å². The number of ether oxygens (including phenoxy) is 4. The quantitative estimate of drug-likeness (QED) is 0.0211. The molecule has 0 saturated heterocycles. The first-order valence-corrected chi connectivity index (χ1v) is 23.0. The highest BCUT2D eigenvalue weighted by molar-refractivity contribution is 7.86. The summed E-state index contributed by atoms with van der Waals surface area (Å²) in [4.78, 5) is 46.0. The summed E-state index contributed by atoms with van der Waals surface area (Å²) in [5, 5.41) is 11.3. The molecule has 0 spiro atoms. The van der Waals surface area contributed by atoms with E-state index in [1.807, 2.05) is 60.7 Å². The molecule has 6 aromatic rings. The number of aromatic nitrogens is 2. The van der Waals surface area contributed by atoms with Gasteiger partial charge in [-0.15, -0.1) is 4.33 Å². The van der Waals surface area contributed by atoms with Crippen molar-refractivity contribution in [1.82, 2.24) is 19.8 Å². The van der Waals surface area contributed by atoms with Crippen LogP contribution in [0.1, 0.15) is 51.1 Å². The number of thiol groups is 1. The van der Waals surface area contributed by atoms with Crippen molar-refractivity contribution in [2.24, 2.45) is 0 Å². The lowest BCUT2D eigenvalue weighted by Crippen LogP contribution is -2.46. The number of fused-ring (bicyclic) bond motifs is 6. The Labute approximate surface area is 389 Å². The second-order valence-electron chi connectivity index (χ2n) is 16.1. The van der Waals surface area contributed by atoms with Crippen molar-refractivity contribution in [2.75, 3.05) is 38.1 Å². The number of rotatable bonds is 14.